The first-order valence-corrected chi connectivity index (χ1v) is 8.73. The van der Waals surface area contributed by atoms with Gasteiger partial charge >= 0.3 is 5.97 Å². The highest BCUT2D eigenvalue weighted by Gasteiger charge is 2.25. The molecule has 0 aliphatic carbocycles. The molecule has 1 N–H and O–H groups in total. The van der Waals surface area contributed by atoms with Gasteiger partial charge in [0.2, 0.25) is 0 Å². The van der Waals surface area contributed by atoms with Crippen LogP contribution in [0.2, 0.25) is 0 Å². The third-order valence-corrected chi connectivity index (χ3v) is 4.35. The number of nitrogens with zero attached hydrogens (tertiary/aromatic N) is 3. The van der Waals surface area contributed by atoms with Crippen LogP contribution in [0, 0.1) is 0 Å². The number of rotatable bonds is 4. The van der Waals surface area contributed by atoms with Gasteiger partial charge in [-0.15, -0.1) is 15.0 Å². The van der Waals surface area contributed by atoms with E-state index < -0.39 is 12.1 Å². The molecule has 0 saturated heterocycles. The molecule has 0 spiro atoms. The molecular formula is C21H23N3O3. The normalized spacial score (nSPS) is 12.7. The van der Waals surface area contributed by atoms with Crippen LogP contribution in [-0.2, 0) is 14.9 Å². The highest BCUT2D eigenvalue weighted by molar-refractivity contribution is 5.81. The standard InChI is InChI=1S/C21H23N3O3/c1-6-19(25)27-13(2)14-11-15(21(3,4)5)20(26)18(12-14)24-22-16-9-7-8-10-17(16)23-24/h6-13,26H,1H2,2-5H3. The van der Waals surface area contributed by atoms with E-state index in [9.17, 15) is 9.90 Å². The van der Waals surface area contributed by atoms with Crippen LogP contribution in [0.15, 0.2) is 49.1 Å². The number of benzene rings is 2. The van der Waals surface area contributed by atoms with Crippen LogP contribution in [0.4, 0.5) is 0 Å². The summed E-state index contributed by atoms with van der Waals surface area (Å²) < 4.78 is 5.35. The van der Waals surface area contributed by atoms with Crippen LogP contribution in [0.25, 0.3) is 16.7 Å². The second kappa shape index (κ2) is 6.87. The third-order valence-electron chi connectivity index (χ3n) is 4.35. The van der Waals surface area contributed by atoms with E-state index in [0.717, 1.165) is 28.2 Å². The van der Waals surface area contributed by atoms with Crippen molar-refractivity contribution in [2.75, 3.05) is 0 Å². The maximum atomic E-state index is 11.6. The summed E-state index contributed by atoms with van der Waals surface area (Å²) in [6.45, 7) is 11.2. The zero-order chi connectivity index (χ0) is 19.8. The molecule has 3 rings (SSSR count). The SMILES string of the molecule is C=CC(=O)OC(C)c1cc(-n2nc3ccccc3n2)c(O)c(C(C)(C)C)c1. The summed E-state index contributed by atoms with van der Waals surface area (Å²) >= 11 is 0. The second-order valence-corrected chi connectivity index (χ2v) is 7.45. The van der Waals surface area contributed by atoms with Gasteiger partial charge in [-0.1, -0.05) is 39.5 Å². The number of aromatic nitrogens is 3. The molecule has 3 aromatic rings. The van der Waals surface area contributed by atoms with Crippen LogP contribution in [0.3, 0.4) is 0 Å². The molecule has 0 aliphatic heterocycles. The maximum absolute atomic E-state index is 11.6. The topological polar surface area (TPSA) is 77.2 Å². The van der Waals surface area contributed by atoms with Gasteiger partial charge in [0.1, 0.15) is 28.6 Å². The van der Waals surface area contributed by atoms with E-state index in [-0.39, 0.29) is 11.2 Å². The lowest BCUT2D eigenvalue weighted by Gasteiger charge is -2.24. The first kappa shape index (κ1) is 18.6. The van der Waals surface area contributed by atoms with Crippen molar-refractivity contribution in [1.29, 1.82) is 0 Å². The first-order chi connectivity index (χ1) is 12.7. The van der Waals surface area contributed by atoms with E-state index in [0.29, 0.717) is 5.69 Å². The number of ether oxygens (including phenoxy) is 1. The summed E-state index contributed by atoms with van der Waals surface area (Å²) in [6, 6.07) is 11.1. The lowest BCUT2D eigenvalue weighted by molar-refractivity contribution is -0.142. The van der Waals surface area contributed by atoms with E-state index in [1.54, 1.807) is 13.0 Å². The fourth-order valence-electron chi connectivity index (χ4n) is 2.86. The number of phenols is 1. The zero-order valence-corrected chi connectivity index (χ0v) is 15.9. The molecule has 0 fully saturated rings. The zero-order valence-electron chi connectivity index (χ0n) is 15.9. The Bertz CT molecular complexity index is 982. The Labute approximate surface area is 158 Å². The Balaban J connectivity index is 2.18. The molecule has 0 radical (unpaired) electrons. The summed E-state index contributed by atoms with van der Waals surface area (Å²) in [4.78, 5) is 13.0. The van der Waals surface area contributed by atoms with Gasteiger partial charge in [-0.05, 0) is 42.2 Å². The van der Waals surface area contributed by atoms with Gasteiger partial charge in [0.05, 0.1) is 0 Å². The number of fused-ring (bicyclic) bond motifs is 1. The molecule has 0 aliphatic rings. The highest BCUT2D eigenvalue weighted by atomic mass is 16.5. The number of aromatic hydroxyl groups is 1. The number of esters is 1. The van der Waals surface area contributed by atoms with Crippen molar-refractivity contribution in [3.05, 3.63) is 60.2 Å². The summed E-state index contributed by atoms with van der Waals surface area (Å²) in [5.41, 5.74) is 3.03. The fourth-order valence-corrected chi connectivity index (χ4v) is 2.86. The molecular weight excluding hydrogens is 342 g/mol. The number of hydrogen-bond donors (Lipinski definition) is 1. The van der Waals surface area contributed by atoms with Crippen molar-refractivity contribution in [1.82, 2.24) is 15.0 Å². The van der Waals surface area contributed by atoms with Crippen LogP contribution in [0.5, 0.6) is 5.75 Å². The summed E-state index contributed by atoms with van der Waals surface area (Å²) in [6.07, 6.45) is 0.616. The average molecular weight is 365 g/mol. The van der Waals surface area contributed by atoms with E-state index >= 15 is 0 Å². The predicted octanol–water partition coefficient (Wildman–Crippen LogP) is 4.21. The van der Waals surface area contributed by atoms with Crippen LogP contribution >= 0.6 is 0 Å². The largest absolute Gasteiger partial charge is 0.505 e. The Morgan fingerprint density at radius 3 is 2.33 bits per heavy atom. The number of phenolic OH excluding ortho intramolecular Hbond substituents is 1. The van der Waals surface area contributed by atoms with Crippen molar-refractivity contribution >= 4 is 17.0 Å². The Morgan fingerprint density at radius 2 is 1.81 bits per heavy atom. The van der Waals surface area contributed by atoms with Crippen molar-refractivity contribution in [2.24, 2.45) is 0 Å². The van der Waals surface area contributed by atoms with E-state index in [4.69, 9.17) is 4.74 Å². The molecule has 1 atom stereocenters. The second-order valence-electron chi connectivity index (χ2n) is 7.45. The maximum Gasteiger partial charge on any atom is 0.330 e. The predicted molar refractivity (Wildman–Crippen MR) is 104 cm³/mol. The van der Waals surface area contributed by atoms with Crippen molar-refractivity contribution < 1.29 is 14.6 Å². The van der Waals surface area contributed by atoms with Crippen molar-refractivity contribution in [3.63, 3.8) is 0 Å². The van der Waals surface area contributed by atoms with Gasteiger partial charge in [-0.25, -0.2) is 4.79 Å². The third kappa shape index (κ3) is 3.69. The summed E-state index contributed by atoms with van der Waals surface area (Å²) in [5, 5.41) is 19.8. The van der Waals surface area contributed by atoms with Crippen LogP contribution in [-0.4, -0.2) is 26.1 Å². The van der Waals surface area contributed by atoms with E-state index in [1.807, 2.05) is 51.1 Å². The molecule has 0 bridgehead atoms. The van der Waals surface area contributed by atoms with Gasteiger partial charge < -0.3 is 9.84 Å². The molecule has 1 unspecified atom stereocenters. The Kier molecular flexibility index (Phi) is 4.74. The monoisotopic (exact) mass is 365 g/mol. The molecule has 1 aromatic heterocycles. The molecule has 0 saturated carbocycles. The van der Waals surface area contributed by atoms with Crippen molar-refractivity contribution in [2.45, 2.75) is 39.2 Å². The lowest BCUT2D eigenvalue weighted by atomic mass is 9.84. The Morgan fingerprint density at radius 1 is 1.22 bits per heavy atom. The lowest BCUT2D eigenvalue weighted by Crippen LogP contribution is -2.15. The minimum absolute atomic E-state index is 0.105. The Hall–Kier alpha value is -3.15. The molecule has 140 valence electrons. The van der Waals surface area contributed by atoms with Gasteiger partial charge in [0.15, 0.2) is 0 Å². The smallest absolute Gasteiger partial charge is 0.330 e. The molecule has 1 heterocycles. The molecule has 2 aromatic carbocycles. The molecule has 27 heavy (non-hydrogen) atoms. The average Bonchev–Trinajstić information content (AvgIpc) is 3.04. The van der Waals surface area contributed by atoms with E-state index in [2.05, 4.69) is 16.8 Å². The van der Waals surface area contributed by atoms with Gasteiger partial charge in [-0.2, -0.15) is 0 Å². The molecule has 6 heteroatoms. The summed E-state index contributed by atoms with van der Waals surface area (Å²) in [7, 11) is 0. The minimum Gasteiger partial charge on any atom is -0.505 e. The van der Waals surface area contributed by atoms with Crippen molar-refractivity contribution in [3.8, 4) is 11.4 Å². The summed E-state index contributed by atoms with van der Waals surface area (Å²) in [5.74, 6) is -0.397. The number of hydrogen-bond acceptors (Lipinski definition) is 5. The highest BCUT2D eigenvalue weighted by Crippen LogP contribution is 2.38. The molecule has 6 nitrogen and oxygen atoms in total. The van der Waals surface area contributed by atoms with Gasteiger partial charge in [0.25, 0.3) is 0 Å². The number of carbonyl (C=O) groups is 1. The minimum atomic E-state index is -0.513. The number of carbonyl (C=O) groups excluding carboxylic acids is 1. The first-order valence-electron chi connectivity index (χ1n) is 8.73. The van der Waals surface area contributed by atoms with Gasteiger partial charge in [-0.3, -0.25) is 0 Å². The molecule has 0 amide bonds. The van der Waals surface area contributed by atoms with E-state index in [1.165, 1.54) is 4.80 Å². The van der Waals surface area contributed by atoms with Crippen LogP contribution < -0.4 is 0 Å². The van der Waals surface area contributed by atoms with Crippen LogP contribution in [0.1, 0.15) is 44.9 Å². The fraction of sp³-hybridized carbons (Fsp3) is 0.286. The van der Waals surface area contributed by atoms with Gasteiger partial charge in [0, 0.05) is 11.6 Å². The quantitative estimate of drug-likeness (QED) is 0.553.